The molecule has 0 radical (unpaired) electrons. The Morgan fingerprint density at radius 2 is 2.20 bits per heavy atom. The van der Waals surface area contributed by atoms with E-state index in [0.717, 1.165) is 0 Å². The van der Waals surface area contributed by atoms with Crippen LogP contribution >= 0.6 is 11.6 Å². The fourth-order valence-corrected chi connectivity index (χ4v) is 1.33. The van der Waals surface area contributed by atoms with Crippen molar-refractivity contribution in [3.05, 3.63) is 28.8 Å². The topological polar surface area (TPSA) is 45.1 Å². The summed E-state index contributed by atoms with van der Waals surface area (Å²) in [5, 5.41) is 12.3. The number of hydrogen-bond acceptors (Lipinski definition) is 3. The zero-order valence-corrected chi connectivity index (χ0v) is 9.42. The van der Waals surface area contributed by atoms with Gasteiger partial charge < -0.3 is 10.4 Å². The molecule has 0 aliphatic heterocycles. The lowest BCUT2D eigenvalue weighted by Gasteiger charge is -2.15. The average Bonchev–Trinajstić information content (AvgIpc) is 2.18. The molecule has 2 N–H and O–H groups in total. The number of aromatic nitrogens is 1. The Labute approximate surface area is 93.3 Å². The molecule has 15 heavy (non-hydrogen) atoms. The van der Waals surface area contributed by atoms with Crippen molar-refractivity contribution in [3.63, 3.8) is 0 Å². The van der Waals surface area contributed by atoms with Gasteiger partial charge in [-0.15, -0.1) is 0 Å². The van der Waals surface area contributed by atoms with E-state index >= 15 is 0 Å². The summed E-state index contributed by atoms with van der Waals surface area (Å²) in [5.74, 6) is -0.398. The molecule has 0 aromatic carbocycles. The molecule has 0 aliphatic rings. The molecular formula is C10H14ClFN2O. The quantitative estimate of drug-likeness (QED) is 0.780. The molecule has 2 atom stereocenters. The van der Waals surface area contributed by atoms with Crippen molar-refractivity contribution in [1.29, 1.82) is 0 Å². The van der Waals surface area contributed by atoms with Gasteiger partial charge in [-0.3, -0.25) is 0 Å². The molecule has 1 unspecified atom stereocenters. The Morgan fingerprint density at radius 3 is 2.80 bits per heavy atom. The van der Waals surface area contributed by atoms with E-state index < -0.39 is 11.9 Å². The van der Waals surface area contributed by atoms with Crippen LogP contribution in [0.15, 0.2) is 12.1 Å². The van der Waals surface area contributed by atoms with Gasteiger partial charge in [-0.25, -0.2) is 9.37 Å². The fraction of sp³-hybridized carbons (Fsp3) is 0.500. The van der Waals surface area contributed by atoms with Gasteiger partial charge in [0.15, 0.2) is 0 Å². The Bertz CT molecular complexity index is 333. The lowest BCUT2D eigenvalue weighted by atomic mass is 10.2. The summed E-state index contributed by atoms with van der Waals surface area (Å²) in [4.78, 5) is 3.90. The lowest BCUT2D eigenvalue weighted by Crippen LogP contribution is -2.28. The van der Waals surface area contributed by atoms with Crippen molar-refractivity contribution in [1.82, 2.24) is 10.3 Å². The van der Waals surface area contributed by atoms with Crippen LogP contribution in [0.25, 0.3) is 0 Å². The lowest BCUT2D eigenvalue weighted by molar-refractivity contribution is 0.186. The van der Waals surface area contributed by atoms with Gasteiger partial charge in [0.05, 0.1) is 11.8 Å². The highest BCUT2D eigenvalue weighted by Gasteiger charge is 2.13. The minimum absolute atomic E-state index is 0.261. The summed E-state index contributed by atoms with van der Waals surface area (Å²) in [7, 11) is 0. The number of aliphatic hydroxyl groups excluding tert-OH is 1. The van der Waals surface area contributed by atoms with Gasteiger partial charge in [0.1, 0.15) is 11.0 Å². The molecule has 1 aromatic rings. The summed E-state index contributed by atoms with van der Waals surface area (Å²) in [6, 6.07) is 2.41. The third-order valence-electron chi connectivity index (χ3n) is 1.97. The molecular weight excluding hydrogens is 219 g/mol. The van der Waals surface area contributed by atoms with Crippen LogP contribution in [-0.4, -0.2) is 22.7 Å². The number of halogens is 2. The number of aliphatic hydroxyl groups is 1. The maximum absolute atomic E-state index is 13.3. The molecule has 0 bridgehead atoms. The second-order valence-corrected chi connectivity index (χ2v) is 3.87. The van der Waals surface area contributed by atoms with Crippen molar-refractivity contribution in [2.45, 2.75) is 26.0 Å². The van der Waals surface area contributed by atoms with Crippen LogP contribution in [0, 0.1) is 5.82 Å². The van der Waals surface area contributed by atoms with E-state index in [1.54, 1.807) is 13.8 Å². The second kappa shape index (κ2) is 5.39. The van der Waals surface area contributed by atoms with E-state index in [-0.39, 0.29) is 16.9 Å². The van der Waals surface area contributed by atoms with Crippen LogP contribution < -0.4 is 5.32 Å². The minimum atomic E-state index is -0.477. The van der Waals surface area contributed by atoms with E-state index in [9.17, 15) is 4.39 Å². The van der Waals surface area contributed by atoms with Crippen LogP contribution in [0.4, 0.5) is 4.39 Å². The Kier molecular flexibility index (Phi) is 4.45. The highest BCUT2D eigenvalue weighted by atomic mass is 35.5. The highest BCUT2D eigenvalue weighted by Crippen LogP contribution is 2.16. The van der Waals surface area contributed by atoms with Crippen LogP contribution in [0.3, 0.4) is 0 Å². The molecule has 0 saturated heterocycles. The van der Waals surface area contributed by atoms with E-state index in [0.29, 0.717) is 6.54 Å². The van der Waals surface area contributed by atoms with Crippen molar-refractivity contribution in [2.75, 3.05) is 6.54 Å². The van der Waals surface area contributed by atoms with E-state index in [2.05, 4.69) is 10.3 Å². The number of pyridine rings is 1. The molecule has 0 spiro atoms. The zero-order valence-electron chi connectivity index (χ0n) is 8.67. The van der Waals surface area contributed by atoms with Crippen LogP contribution in [0.1, 0.15) is 25.6 Å². The molecule has 0 saturated carbocycles. The molecule has 0 amide bonds. The first-order chi connectivity index (χ1) is 7.00. The van der Waals surface area contributed by atoms with Crippen LogP contribution in [0.5, 0.6) is 0 Å². The summed E-state index contributed by atoms with van der Waals surface area (Å²) in [6.45, 7) is 3.81. The number of nitrogens with one attached hydrogen (secondary N) is 1. The number of nitrogens with zero attached hydrogens (tertiary/aromatic N) is 1. The molecule has 0 aliphatic carbocycles. The van der Waals surface area contributed by atoms with Crippen LogP contribution in [-0.2, 0) is 0 Å². The Hall–Kier alpha value is -0.710. The summed E-state index contributed by atoms with van der Waals surface area (Å²) >= 11 is 5.67. The first kappa shape index (κ1) is 12.4. The van der Waals surface area contributed by atoms with Crippen molar-refractivity contribution in [3.8, 4) is 0 Å². The van der Waals surface area contributed by atoms with E-state index in [1.165, 1.54) is 12.1 Å². The molecule has 3 nitrogen and oxygen atoms in total. The van der Waals surface area contributed by atoms with Gasteiger partial charge in [-0.05, 0) is 26.0 Å². The van der Waals surface area contributed by atoms with Gasteiger partial charge >= 0.3 is 0 Å². The van der Waals surface area contributed by atoms with Gasteiger partial charge in [0.2, 0.25) is 0 Å². The Morgan fingerprint density at radius 1 is 1.53 bits per heavy atom. The summed E-state index contributed by atoms with van der Waals surface area (Å²) in [5.41, 5.74) is 0.267. The van der Waals surface area contributed by atoms with Gasteiger partial charge in [-0.2, -0.15) is 0 Å². The maximum Gasteiger partial charge on any atom is 0.146 e. The fourth-order valence-electron chi connectivity index (χ4n) is 1.18. The molecule has 1 heterocycles. The normalized spacial score (nSPS) is 15.0. The van der Waals surface area contributed by atoms with Gasteiger partial charge in [-0.1, -0.05) is 11.6 Å². The van der Waals surface area contributed by atoms with Crippen molar-refractivity contribution >= 4 is 11.6 Å². The average molecular weight is 233 g/mol. The monoisotopic (exact) mass is 232 g/mol. The van der Waals surface area contributed by atoms with E-state index in [4.69, 9.17) is 16.7 Å². The first-order valence-electron chi connectivity index (χ1n) is 4.74. The SMILES string of the molecule is CC(NC[C@@H](C)O)c1nc(Cl)ccc1F. The van der Waals surface area contributed by atoms with Crippen LogP contribution in [0.2, 0.25) is 5.15 Å². The zero-order chi connectivity index (χ0) is 11.4. The number of rotatable bonds is 4. The molecule has 84 valence electrons. The minimum Gasteiger partial charge on any atom is -0.392 e. The second-order valence-electron chi connectivity index (χ2n) is 3.48. The third kappa shape index (κ3) is 3.74. The molecule has 1 aromatic heterocycles. The van der Waals surface area contributed by atoms with E-state index in [1.807, 2.05) is 0 Å². The van der Waals surface area contributed by atoms with Gasteiger partial charge in [0.25, 0.3) is 0 Å². The highest BCUT2D eigenvalue weighted by molar-refractivity contribution is 6.29. The predicted molar refractivity (Wildman–Crippen MR) is 57.3 cm³/mol. The first-order valence-corrected chi connectivity index (χ1v) is 5.12. The predicted octanol–water partition coefficient (Wildman–Crippen LogP) is 1.91. The van der Waals surface area contributed by atoms with Crippen molar-refractivity contribution < 1.29 is 9.50 Å². The van der Waals surface area contributed by atoms with Gasteiger partial charge in [0, 0.05) is 12.6 Å². The summed E-state index contributed by atoms with van der Waals surface area (Å²) in [6.07, 6.45) is -0.477. The molecule has 1 rings (SSSR count). The smallest absolute Gasteiger partial charge is 0.146 e. The third-order valence-corrected chi connectivity index (χ3v) is 2.18. The largest absolute Gasteiger partial charge is 0.392 e. The molecule has 0 fully saturated rings. The standard InChI is InChI=1S/C10H14ClFN2O/c1-6(15)5-13-7(2)10-8(12)3-4-9(11)14-10/h3-4,6-7,13,15H,5H2,1-2H3/t6-,7?/m1/s1. The maximum atomic E-state index is 13.3. The molecule has 5 heteroatoms. The Balaban J connectivity index is 2.72. The van der Waals surface area contributed by atoms with Crippen molar-refractivity contribution in [2.24, 2.45) is 0 Å². The number of hydrogen-bond donors (Lipinski definition) is 2. The summed E-state index contributed by atoms with van der Waals surface area (Å²) < 4.78 is 13.3.